The SMILES string of the molecule is Cc1cccc(C(C)NC(=O)c2nc3cc4[nH][nH]c(-c5ccncc5)c4cc3n2)c1. The van der Waals surface area contributed by atoms with Gasteiger partial charge in [0.25, 0.3) is 5.91 Å². The maximum atomic E-state index is 12.7. The summed E-state index contributed by atoms with van der Waals surface area (Å²) >= 11 is 0. The molecule has 2 aromatic carbocycles. The van der Waals surface area contributed by atoms with Gasteiger partial charge in [0.1, 0.15) is 0 Å². The van der Waals surface area contributed by atoms with Crippen molar-refractivity contribution in [3.05, 3.63) is 77.9 Å². The van der Waals surface area contributed by atoms with E-state index in [1.54, 1.807) is 12.4 Å². The second-order valence-corrected chi connectivity index (χ2v) is 7.40. The Morgan fingerprint density at radius 3 is 2.53 bits per heavy atom. The molecule has 1 unspecified atom stereocenters. The smallest absolute Gasteiger partial charge is 0.289 e. The van der Waals surface area contributed by atoms with Crippen molar-refractivity contribution < 1.29 is 4.79 Å². The van der Waals surface area contributed by atoms with E-state index < -0.39 is 0 Å². The van der Waals surface area contributed by atoms with Crippen LogP contribution in [-0.2, 0) is 0 Å². The lowest BCUT2D eigenvalue weighted by Gasteiger charge is -2.13. The molecule has 148 valence electrons. The summed E-state index contributed by atoms with van der Waals surface area (Å²) in [7, 11) is 0. The first-order valence-corrected chi connectivity index (χ1v) is 9.74. The number of carbonyl (C=O) groups excluding carboxylic acids is 1. The number of amides is 1. The van der Waals surface area contributed by atoms with Gasteiger partial charge in [-0.3, -0.25) is 14.9 Å². The van der Waals surface area contributed by atoms with Crippen molar-refractivity contribution in [2.75, 3.05) is 0 Å². The molecule has 3 N–H and O–H groups in total. The number of nitrogens with zero attached hydrogens (tertiary/aromatic N) is 3. The Kier molecular flexibility index (Phi) is 4.28. The fraction of sp³-hybridized carbons (Fsp3) is 0.130. The molecule has 0 aliphatic rings. The predicted molar refractivity (Wildman–Crippen MR) is 116 cm³/mol. The number of imidazole rings is 1. The Morgan fingerprint density at radius 2 is 1.77 bits per heavy atom. The van der Waals surface area contributed by atoms with Crippen molar-refractivity contribution >= 4 is 27.8 Å². The number of aromatic nitrogens is 5. The number of carbonyl (C=O) groups is 1. The van der Waals surface area contributed by atoms with Crippen LogP contribution < -0.4 is 5.32 Å². The largest absolute Gasteiger partial charge is 0.343 e. The molecule has 3 aromatic heterocycles. The van der Waals surface area contributed by atoms with Crippen LogP contribution in [0.15, 0.2) is 60.9 Å². The Balaban J connectivity index is 1.46. The van der Waals surface area contributed by atoms with Gasteiger partial charge in [-0.1, -0.05) is 29.8 Å². The molecule has 1 amide bonds. The van der Waals surface area contributed by atoms with Crippen LogP contribution in [0.5, 0.6) is 0 Å². The maximum Gasteiger partial charge on any atom is 0.289 e. The van der Waals surface area contributed by atoms with Crippen LogP contribution in [0.3, 0.4) is 0 Å². The number of fused-ring (bicyclic) bond motifs is 2. The summed E-state index contributed by atoms with van der Waals surface area (Å²) in [6, 6.07) is 15.7. The van der Waals surface area contributed by atoms with E-state index in [4.69, 9.17) is 0 Å². The monoisotopic (exact) mass is 396 g/mol. The predicted octanol–water partition coefficient (Wildman–Crippen LogP) is 4.30. The minimum absolute atomic E-state index is 0.137. The zero-order valence-corrected chi connectivity index (χ0v) is 16.6. The van der Waals surface area contributed by atoms with Crippen molar-refractivity contribution in [3.63, 3.8) is 0 Å². The molecule has 0 saturated carbocycles. The molecule has 0 radical (unpaired) electrons. The molecule has 0 fully saturated rings. The minimum atomic E-state index is -0.287. The molecule has 7 heteroatoms. The summed E-state index contributed by atoms with van der Waals surface area (Å²) in [6.45, 7) is 3.99. The van der Waals surface area contributed by atoms with E-state index in [0.29, 0.717) is 11.0 Å². The summed E-state index contributed by atoms with van der Waals surface area (Å²) in [6.07, 6.45) is 3.50. The van der Waals surface area contributed by atoms with Crippen molar-refractivity contribution in [3.8, 4) is 11.3 Å². The van der Waals surface area contributed by atoms with Gasteiger partial charge in [0, 0.05) is 23.3 Å². The molecule has 30 heavy (non-hydrogen) atoms. The van der Waals surface area contributed by atoms with Crippen LogP contribution in [-0.4, -0.2) is 31.1 Å². The van der Waals surface area contributed by atoms with Crippen LogP contribution in [0.2, 0.25) is 0 Å². The lowest BCUT2D eigenvalue weighted by atomic mass is 10.1. The van der Waals surface area contributed by atoms with Gasteiger partial charge < -0.3 is 10.4 Å². The highest BCUT2D eigenvalue weighted by atomic mass is 16.2. The highest BCUT2D eigenvalue weighted by Gasteiger charge is 2.18. The highest BCUT2D eigenvalue weighted by molar-refractivity contribution is 6.02. The van der Waals surface area contributed by atoms with E-state index in [1.165, 1.54) is 0 Å². The van der Waals surface area contributed by atoms with Crippen LogP contribution in [0.1, 0.15) is 34.7 Å². The molecule has 0 spiro atoms. The first-order valence-electron chi connectivity index (χ1n) is 9.74. The molecule has 0 aliphatic carbocycles. The number of hydrogen-bond donors (Lipinski definition) is 3. The average Bonchev–Trinajstić information content (AvgIpc) is 3.36. The summed E-state index contributed by atoms with van der Waals surface area (Å²) in [5.41, 5.74) is 6.41. The van der Waals surface area contributed by atoms with Gasteiger partial charge in [-0.05, 0) is 43.7 Å². The van der Waals surface area contributed by atoms with Crippen molar-refractivity contribution in [1.29, 1.82) is 0 Å². The molecule has 0 aliphatic heterocycles. The Bertz CT molecular complexity index is 1370. The van der Waals surface area contributed by atoms with E-state index in [2.05, 4.69) is 36.5 Å². The first kappa shape index (κ1) is 18.1. The van der Waals surface area contributed by atoms with E-state index in [0.717, 1.165) is 33.3 Å². The minimum Gasteiger partial charge on any atom is -0.343 e. The average molecular weight is 396 g/mol. The topological polar surface area (TPSA) is 99.3 Å². The zero-order valence-electron chi connectivity index (χ0n) is 16.6. The third-order valence-electron chi connectivity index (χ3n) is 5.22. The maximum absolute atomic E-state index is 12.7. The normalized spacial score (nSPS) is 12.3. The second kappa shape index (κ2) is 7.11. The molecular formula is C23H20N6O. The number of rotatable bonds is 4. The van der Waals surface area contributed by atoms with Crippen molar-refractivity contribution in [1.82, 2.24) is 30.5 Å². The van der Waals surface area contributed by atoms with Crippen LogP contribution in [0.25, 0.3) is 33.2 Å². The summed E-state index contributed by atoms with van der Waals surface area (Å²) in [5.74, 6) is -0.114. The summed E-state index contributed by atoms with van der Waals surface area (Å²) in [4.78, 5) is 25.7. The quantitative estimate of drug-likeness (QED) is 0.422. The first-order chi connectivity index (χ1) is 14.6. The zero-order chi connectivity index (χ0) is 20.7. The fourth-order valence-electron chi connectivity index (χ4n) is 3.65. The summed E-state index contributed by atoms with van der Waals surface area (Å²) in [5, 5.41) is 10.3. The van der Waals surface area contributed by atoms with Crippen LogP contribution >= 0.6 is 0 Å². The molecule has 1 atom stereocenters. The lowest BCUT2D eigenvalue weighted by molar-refractivity contribution is 0.0930. The Morgan fingerprint density at radius 1 is 1.00 bits per heavy atom. The standard InChI is InChI=1S/C23H20N6O/c1-13-4-3-5-16(10-13)14(2)25-23(30)22-26-19-11-17-18(12-20(19)27-22)28-29-21(17)15-6-8-24-9-7-15/h3-12,14,28-29H,1-2H3,(H,25,30). The van der Waals surface area contributed by atoms with E-state index >= 15 is 0 Å². The Hall–Kier alpha value is -4.00. The van der Waals surface area contributed by atoms with Gasteiger partial charge in [-0.15, -0.1) is 0 Å². The fourth-order valence-corrected chi connectivity index (χ4v) is 3.65. The van der Waals surface area contributed by atoms with E-state index in [1.807, 2.05) is 56.3 Å². The molecule has 0 bridgehead atoms. The van der Waals surface area contributed by atoms with E-state index in [9.17, 15) is 4.79 Å². The molecule has 0 saturated heterocycles. The van der Waals surface area contributed by atoms with Crippen LogP contribution in [0.4, 0.5) is 0 Å². The molecular weight excluding hydrogens is 376 g/mol. The van der Waals surface area contributed by atoms with Gasteiger partial charge >= 0.3 is 0 Å². The highest BCUT2D eigenvalue weighted by Crippen LogP contribution is 2.29. The number of pyridine rings is 1. The van der Waals surface area contributed by atoms with Gasteiger partial charge in [0.15, 0.2) is 0 Å². The molecule has 3 heterocycles. The molecule has 5 rings (SSSR count). The van der Waals surface area contributed by atoms with Crippen molar-refractivity contribution in [2.45, 2.75) is 19.9 Å². The van der Waals surface area contributed by atoms with E-state index in [-0.39, 0.29) is 17.8 Å². The Labute approximate surface area is 172 Å². The number of benzene rings is 2. The molecule has 5 aromatic rings. The number of aromatic amines is 2. The lowest BCUT2D eigenvalue weighted by Crippen LogP contribution is -2.27. The number of H-pyrrole nitrogens is 2. The van der Waals surface area contributed by atoms with Gasteiger partial charge in [-0.25, -0.2) is 9.97 Å². The number of nitrogens with one attached hydrogen (secondary N) is 3. The van der Waals surface area contributed by atoms with Crippen LogP contribution in [0, 0.1) is 6.92 Å². The number of aryl methyl sites for hydroxylation is 1. The molecule has 7 nitrogen and oxygen atoms in total. The summed E-state index contributed by atoms with van der Waals surface area (Å²) < 4.78 is 0. The van der Waals surface area contributed by atoms with Crippen molar-refractivity contribution in [2.24, 2.45) is 0 Å². The second-order valence-electron chi connectivity index (χ2n) is 7.40. The van der Waals surface area contributed by atoms with Gasteiger partial charge in [0.2, 0.25) is 5.82 Å². The van der Waals surface area contributed by atoms with Gasteiger partial charge in [0.05, 0.1) is 28.3 Å². The third kappa shape index (κ3) is 3.20. The van der Waals surface area contributed by atoms with Gasteiger partial charge in [-0.2, -0.15) is 0 Å². The third-order valence-corrected chi connectivity index (χ3v) is 5.22. The number of hydrogen-bond acceptors (Lipinski definition) is 4.